The van der Waals surface area contributed by atoms with E-state index in [1.54, 1.807) is 6.20 Å². The highest BCUT2D eigenvalue weighted by atomic mass is 16.2. The first-order valence-corrected chi connectivity index (χ1v) is 25.8. The molecule has 5 aromatic carbocycles. The molecule has 76 heavy (non-hydrogen) atoms. The molecule has 17 heteroatoms. The number of amides is 2. The molecule has 2 aromatic heterocycles. The van der Waals surface area contributed by atoms with Gasteiger partial charge in [0.1, 0.15) is 0 Å². The number of rotatable bonds is 16. The molecule has 5 N–H and O–H groups in total. The zero-order valence-electron chi connectivity index (χ0n) is 43.4. The van der Waals surface area contributed by atoms with E-state index in [1.807, 2.05) is 86.0 Å². The SMILES string of the molecule is C=CC(=O)Nc1cccc(-c2ccnc(Nc3cccc(N4CCN(C)C(C(=C)C(=O)Nc5cccc(-c6nc(Nc7cccc(N8CCN(C)CC8)c7)ncc6Nc6ccc(N7CCN(C)CC7)cc6)c5)C4)c3)n2)c1. The monoisotopic (exact) mass is 1020 g/mol. The molecular weight excluding hydrogens is 951 g/mol. The summed E-state index contributed by atoms with van der Waals surface area (Å²) in [5.41, 5.74) is 11.4. The van der Waals surface area contributed by atoms with Crippen molar-refractivity contribution in [3.8, 4) is 22.5 Å². The van der Waals surface area contributed by atoms with E-state index in [4.69, 9.17) is 15.0 Å². The largest absolute Gasteiger partial charge is 0.369 e. The first-order chi connectivity index (χ1) is 37.0. The van der Waals surface area contributed by atoms with Gasteiger partial charge in [0.2, 0.25) is 17.8 Å². The third kappa shape index (κ3) is 12.5. The molecule has 7 aromatic rings. The second kappa shape index (κ2) is 23.3. The summed E-state index contributed by atoms with van der Waals surface area (Å²) in [6.45, 7) is 18.0. The topological polar surface area (TPSA) is 165 Å². The molecule has 10 rings (SSSR count). The quantitative estimate of drug-likeness (QED) is 0.0583. The summed E-state index contributed by atoms with van der Waals surface area (Å²) >= 11 is 0. The van der Waals surface area contributed by atoms with Gasteiger partial charge in [0.15, 0.2) is 0 Å². The van der Waals surface area contributed by atoms with Gasteiger partial charge in [0, 0.05) is 140 Å². The number of nitrogens with one attached hydrogen (secondary N) is 5. The number of aromatic nitrogens is 4. The highest BCUT2D eigenvalue weighted by molar-refractivity contribution is 6.04. The van der Waals surface area contributed by atoms with Crippen molar-refractivity contribution in [2.24, 2.45) is 0 Å². The Kier molecular flexibility index (Phi) is 15.6. The predicted molar refractivity (Wildman–Crippen MR) is 309 cm³/mol. The highest BCUT2D eigenvalue weighted by Gasteiger charge is 2.30. The minimum atomic E-state index is -0.286. The summed E-state index contributed by atoms with van der Waals surface area (Å²) < 4.78 is 0. The Morgan fingerprint density at radius 1 is 0.553 bits per heavy atom. The number of benzene rings is 5. The van der Waals surface area contributed by atoms with E-state index in [-0.39, 0.29) is 17.9 Å². The van der Waals surface area contributed by atoms with Crippen molar-refractivity contribution in [2.45, 2.75) is 6.04 Å². The Balaban J connectivity index is 0.837. The smallest absolute Gasteiger partial charge is 0.252 e. The van der Waals surface area contributed by atoms with E-state index in [1.165, 1.54) is 11.8 Å². The lowest BCUT2D eigenvalue weighted by molar-refractivity contribution is -0.113. The Labute approximate surface area is 445 Å². The summed E-state index contributed by atoms with van der Waals surface area (Å²) in [6, 6.07) is 41.8. The maximum atomic E-state index is 14.2. The van der Waals surface area contributed by atoms with Crippen LogP contribution in [0.5, 0.6) is 0 Å². The van der Waals surface area contributed by atoms with Crippen molar-refractivity contribution in [1.82, 2.24) is 34.6 Å². The molecule has 0 spiro atoms. The summed E-state index contributed by atoms with van der Waals surface area (Å²) in [5.74, 6) is 0.332. The van der Waals surface area contributed by atoms with E-state index in [0.29, 0.717) is 46.8 Å². The van der Waals surface area contributed by atoms with Crippen LogP contribution < -0.4 is 41.3 Å². The molecule has 0 aliphatic carbocycles. The molecular formula is C59H65N15O2. The second-order valence-corrected chi connectivity index (χ2v) is 19.6. The maximum absolute atomic E-state index is 14.2. The minimum absolute atomic E-state index is 0.260. The maximum Gasteiger partial charge on any atom is 0.252 e. The third-order valence-corrected chi connectivity index (χ3v) is 14.2. The van der Waals surface area contributed by atoms with Crippen LogP contribution in [-0.2, 0) is 9.59 Å². The normalized spacial score (nSPS) is 16.4. The first kappa shape index (κ1) is 50.9. The Bertz CT molecular complexity index is 3200. The van der Waals surface area contributed by atoms with Gasteiger partial charge in [-0.2, -0.15) is 0 Å². The molecule has 0 saturated carbocycles. The number of hydrogen-bond donors (Lipinski definition) is 5. The van der Waals surface area contributed by atoms with Crippen LogP contribution in [0, 0.1) is 0 Å². The van der Waals surface area contributed by atoms with Crippen molar-refractivity contribution in [3.63, 3.8) is 0 Å². The van der Waals surface area contributed by atoms with Crippen molar-refractivity contribution >= 4 is 74.9 Å². The van der Waals surface area contributed by atoms with Crippen LogP contribution in [0.3, 0.4) is 0 Å². The van der Waals surface area contributed by atoms with E-state index in [2.05, 4.69) is 143 Å². The van der Waals surface area contributed by atoms with Gasteiger partial charge in [-0.3, -0.25) is 14.5 Å². The number of carbonyl (C=O) groups is 2. The van der Waals surface area contributed by atoms with Crippen LogP contribution in [-0.4, -0.2) is 146 Å². The molecule has 1 atom stereocenters. The number of likely N-dealkylation sites (N-methyl/N-ethyl adjacent to an activating group) is 3. The van der Waals surface area contributed by atoms with Crippen LogP contribution in [0.15, 0.2) is 165 Å². The predicted octanol–water partition coefficient (Wildman–Crippen LogP) is 8.77. The van der Waals surface area contributed by atoms with Crippen molar-refractivity contribution < 1.29 is 9.59 Å². The summed E-state index contributed by atoms with van der Waals surface area (Å²) in [6.07, 6.45) is 4.75. The summed E-state index contributed by atoms with van der Waals surface area (Å²) in [5, 5.41) is 16.4. The number of carbonyl (C=O) groups excluding carboxylic acids is 2. The molecule has 0 radical (unpaired) electrons. The van der Waals surface area contributed by atoms with Crippen molar-refractivity contribution in [1.29, 1.82) is 0 Å². The number of hydrogen-bond acceptors (Lipinski definition) is 15. The lowest BCUT2D eigenvalue weighted by atomic mass is 10.0. The van der Waals surface area contributed by atoms with Crippen LogP contribution in [0.25, 0.3) is 22.5 Å². The summed E-state index contributed by atoms with van der Waals surface area (Å²) in [7, 11) is 6.36. The summed E-state index contributed by atoms with van der Waals surface area (Å²) in [4.78, 5) is 59.3. The Morgan fingerprint density at radius 3 is 1.79 bits per heavy atom. The molecule has 1 unspecified atom stereocenters. The molecule has 3 saturated heterocycles. The Morgan fingerprint density at radius 2 is 1.12 bits per heavy atom. The average molecular weight is 1020 g/mol. The number of anilines is 11. The Hall–Kier alpha value is -8.64. The van der Waals surface area contributed by atoms with E-state index >= 15 is 0 Å². The van der Waals surface area contributed by atoms with Crippen LogP contribution in [0.1, 0.15) is 0 Å². The van der Waals surface area contributed by atoms with Crippen LogP contribution in [0.4, 0.5) is 63.1 Å². The molecule has 3 aliphatic rings. The standard InChI is InChI=1S/C59H65N15O2/c1-6-55(75)63-45-13-7-11-42(35-45)52-23-24-60-58(67-52)65-48-16-10-18-51(38-48)74-34-29-71(5)54(40-74)41(2)57(76)64-46-14-8-12-43(36-46)56-53(62-44-19-21-49(22-20-44)72-30-25-69(3)26-31-72)39-61-59(68-56)66-47-15-9-17-50(37-47)73-32-27-70(4)28-33-73/h6-24,35-39,54,62H,1-2,25-34,40H2,3-5H3,(H,63,75)(H,64,76)(H,60,65,67)(H,61,66,68). The molecule has 2 amide bonds. The fraction of sp³-hybridized carbons (Fsp3) is 0.254. The van der Waals surface area contributed by atoms with E-state index in [0.717, 1.165) is 111 Å². The zero-order chi connectivity index (χ0) is 52.5. The molecule has 0 bridgehead atoms. The molecule has 5 heterocycles. The van der Waals surface area contributed by atoms with Gasteiger partial charge in [-0.05, 0) is 118 Å². The molecule has 3 aliphatic heterocycles. The fourth-order valence-corrected chi connectivity index (χ4v) is 9.73. The number of nitrogens with zero attached hydrogens (tertiary/aromatic N) is 10. The van der Waals surface area contributed by atoms with Gasteiger partial charge >= 0.3 is 0 Å². The zero-order valence-corrected chi connectivity index (χ0v) is 43.4. The minimum Gasteiger partial charge on any atom is -0.369 e. The van der Waals surface area contributed by atoms with Crippen LogP contribution >= 0.6 is 0 Å². The van der Waals surface area contributed by atoms with Gasteiger partial charge in [0.25, 0.3) is 5.91 Å². The van der Waals surface area contributed by atoms with Gasteiger partial charge in [-0.1, -0.05) is 49.6 Å². The van der Waals surface area contributed by atoms with E-state index in [9.17, 15) is 9.59 Å². The molecule has 17 nitrogen and oxygen atoms in total. The lowest BCUT2D eigenvalue weighted by Crippen LogP contribution is -2.53. The highest BCUT2D eigenvalue weighted by Crippen LogP contribution is 2.34. The van der Waals surface area contributed by atoms with Crippen LogP contribution in [0.2, 0.25) is 0 Å². The first-order valence-electron chi connectivity index (χ1n) is 25.8. The molecule has 3 fully saturated rings. The van der Waals surface area contributed by atoms with Gasteiger partial charge in [0.05, 0.1) is 29.3 Å². The van der Waals surface area contributed by atoms with Gasteiger partial charge < -0.3 is 51.1 Å². The average Bonchev–Trinajstić information content (AvgIpc) is 3.45. The van der Waals surface area contributed by atoms with Gasteiger partial charge in [-0.15, -0.1) is 0 Å². The molecule has 388 valence electrons. The fourth-order valence-electron chi connectivity index (χ4n) is 9.73. The third-order valence-electron chi connectivity index (χ3n) is 14.2. The van der Waals surface area contributed by atoms with Gasteiger partial charge in [-0.25, -0.2) is 19.9 Å². The second-order valence-electron chi connectivity index (χ2n) is 19.6. The number of piperazine rings is 3. The lowest BCUT2D eigenvalue weighted by Gasteiger charge is -2.41. The van der Waals surface area contributed by atoms with E-state index < -0.39 is 0 Å². The van der Waals surface area contributed by atoms with Crippen molar-refractivity contribution in [2.75, 3.05) is 134 Å². The van der Waals surface area contributed by atoms with Crippen molar-refractivity contribution in [3.05, 3.63) is 165 Å².